The fourth-order valence-corrected chi connectivity index (χ4v) is 5.02. The van der Waals surface area contributed by atoms with Gasteiger partial charge >= 0.3 is 6.09 Å². The second-order valence-electron chi connectivity index (χ2n) is 8.40. The van der Waals surface area contributed by atoms with Crippen molar-refractivity contribution < 1.29 is 28.7 Å². The predicted molar refractivity (Wildman–Crippen MR) is 131 cm³/mol. The van der Waals surface area contributed by atoms with Crippen LogP contribution < -0.4 is 20.3 Å². The fraction of sp³-hybridized carbons (Fsp3) is 0.391. The van der Waals surface area contributed by atoms with E-state index in [9.17, 15) is 19.2 Å². The van der Waals surface area contributed by atoms with E-state index in [1.165, 1.54) is 11.8 Å². The lowest BCUT2D eigenvalue weighted by Gasteiger charge is -2.30. The van der Waals surface area contributed by atoms with Crippen molar-refractivity contribution in [2.45, 2.75) is 25.8 Å². The minimum Gasteiger partial charge on any atom is -0.399 e. The Balaban J connectivity index is 1.51. The number of morpholine rings is 1. The van der Waals surface area contributed by atoms with Gasteiger partial charge in [-0.3, -0.25) is 14.4 Å². The van der Waals surface area contributed by atoms with Gasteiger partial charge in [-0.15, -0.1) is 0 Å². The molecule has 0 saturated carbocycles. The van der Waals surface area contributed by atoms with Gasteiger partial charge in [0.15, 0.2) is 5.06 Å². The van der Waals surface area contributed by atoms with E-state index in [-0.39, 0.29) is 36.5 Å². The number of likely N-dealkylation sites (tertiary alicyclic amines) is 1. The summed E-state index contributed by atoms with van der Waals surface area (Å²) in [5.41, 5.74) is 0.658. The average molecular weight is 521 g/mol. The fourth-order valence-electron chi connectivity index (χ4n) is 4.15. The number of carbonyl (C=O) groups excluding carboxylic acids is 4. The van der Waals surface area contributed by atoms with E-state index in [1.807, 2.05) is 6.92 Å². The molecule has 0 bridgehead atoms. The van der Waals surface area contributed by atoms with Gasteiger partial charge in [0.2, 0.25) is 5.91 Å². The highest BCUT2D eigenvalue weighted by atomic mass is 35.5. The van der Waals surface area contributed by atoms with Crippen LogP contribution in [0.1, 0.15) is 18.9 Å². The number of aryl methyl sites for hydroxylation is 1. The third kappa shape index (κ3) is 5.58. The van der Waals surface area contributed by atoms with Crippen molar-refractivity contribution in [2.24, 2.45) is 0 Å². The molecule has 2 aliphatic heterocycles. The quantitative estimate of drug-likeness (QED) is 0.626. The van der Waals surface area contributed by atoms with E-state index in [2.05, 4.69) is 10.6 Å². The number of ether oxygens (including phenoxy) is 2. The molecule has 4 rings (SSSR count). The summed E-state index contributed by atoms with van der Waals surface area (Å²) in [5.74, 6) is -0.799. The Kier molecular flexibility index (Phi) is 7.29. The highest BCUT2D eigenvalue weighted by Gasteiger charge is 2.47. The molecule has 1 aromatic heterocycles. The molecule has 2 N–H and O–H groups in total. The number of rotatable bonds is 5. The van der Waals surface area contributed by atoms with Crippen molar-refractivity contribution >= 4 is 58.1 Å². The van der Waals surface area contributed by atoms with Crippen LogP contribution in [0.15, 0.2) is 30.3 Å². The van der Waals surface area contributed by atoms with Crippen LogP contribution in [0.2, 0.25) is 4.34 Å². The molecule has 1 unspecified atom stereocenters. The van der Waals surface area contributed by atoms with Gasteiger partial charge in [0.25, 0.3) is 11.8 Å². The zero-order valence-electron chi connectivity index (χ0n) is 19.3. The number of hydrogen-bond donors (Lipinski definition) is 2. The number of thiophene rings is 1. The van der Waals surface area contributed by atoms with Crippen molar-refractivity contribution in [3.05, 3.63) is 40.2 Å². The van der Waals surface area contributed by atoms with E-state index >= 15 is 0 Å². The molecule has 1 aromatic carbocycles. The molecular weight excluding hydrogens is 496 g/mol. The van der Waals surface area contributed by atoms with Crippen LogP contribution in [0.5, 0.6) is 5.06 Å². The second kappa shape index (κ2) is 10.2. The minimum absolute atomic E-state index is 0.00775. The first-order chi connectivity index (χ1) is 16.7. The summed E-state index contributed by atoms with van der Waals surface area (Å²) >= 11 is 6.97. The number of hydrogen-bond acceptors (Lipinski definition) is 7. The first-order valence-corrected chi connectivity index (χ1v) is 12.2. The summed E-state index contributed by atoms with van der Waals surface area (Å²) in [6, 6.07) is 8.37. The van der Waals surface area contributed by atoms with Crippen molar-refractivity contribution in [3.63, 3.8) is 0 Å². The average Bonchev–Trinajstić information content (AvgIpc) is 3.41. The maximum Gasteiger partial charge on any atom is 0.414 e. The van der Waals surface area contributed by atoms with Crippen LogP contribution in [0.25, 0.3) is 0 Å². The van der Waals surface area contributed by atoms with Crippen molar-refractivity contribution in [1.29, 1.82) is 0 Å². The van der Waals surface area contributed by atoms with Gasteiger partial charge in [-0.1, -0.05) is 22.9 Å². The maximum absolute atomic E-state index is 13.4. The monoisotopic (exact) mass is 520 g/mol. The largest absolute Gasteiger partial charge is 0.414 e. The summed E-state index contributed by atoms with van der Waals surface area (Å²) in [5, 5.41) is 5.80. The Bertz CT molecular complexity index is 1170. The lowest BCUT2D eigenvalue weighted by atomic mass is 9.97. The summed E-state index contributed by atoms with van der Waals surface area (Å²) in [6.45, 7) is 4.52. The van der Waals surface area contributed by atoms with Crippen LogP contribution in [0, 0.1) is 6.92 Å². The minimum atomic E-state index is -1.38. The molecule has 12 heteroatoms. The Labute approximate surface area is 211 Å². The molecule has 0 aliphatic carbocycles. The summed E-state index contributed by atoms with van der Waals surface area (Å²) in [6.07, 6.45) is -0.598. The van der Waals surface area contributed by atoms with Crippen molar-refractivity contribution in [3.8, 4) is 5.06 Å². The molecule has 2 aliphatic rings. The molecule has 2 aromatic rings. The molecule has 4 amide bonds. The number of carbonyl (C=O) groups is 4. The standard InChI is InChI=1S/C23H25ClN4O6S/c1-14-11-16(3-4-17(14)28-9-10-33-12-19(28)30)25-21(31)23(7-8-27(13-23)15(2)29)26-22(32)34-20-6-5-18(24)35-20/h3-6,11H,7-10,12-13H2,1-2H3,(H,25,31)(H,26,32). The Morgan fingerprint density at radius 2 is 2.00 bits per heavy atom. The molecule has 186 valence electrons. The Hall–Kier alpha value is -3.15. The first-order valence-electron chi connectivity index (χ1n) is 11.0. The van der Waals surface area contributed by atoms with Gasteiger partial charge in [-0.05, 0) is 49.2 Å². The van der Waals surface area contributed by atoms with Gasteiger partial charge < -0.3 is 29.9 Å². The molecule has 1 atom stereocenters. The number of benzene rings is 1. The van der Waals surface area contributed by atoms with E-state index in [0.29, 0.717) is 29.7 Å². The van der Waals surface area contributed by atoms with Crippen LogP contribution in [0.4, 0.5) is 16.2 Å². The number of amides is 4. The normalized spacial score (nSPS) is 20.0. The second-order valence-corrected chi connectivity index (χ2v) is 10.1. The lowest BCUT2D eigenvalue weighted by Crippen LogP contribution is -2.59. The van der Waals surface area contributed by atoms with Crippen molar-refractivity contribution in [1.82, 2.24) is 10.2 Å². The van der Waals surface area contributed by atoms with E-state index in [4.69, 9.17) is 21.1 Å². The molecule has 2 fully saturated rings. The van der Waals surface area contributed by atoms with Gasteiger partial charge in [0.1, 0.15) is 12.1 Å². The molecule has 2 saturated heterocycles. The summed E-state index contributed by atoms with van der Waals surface area (Å²) in [4.78, 5) is 53.3. The summed E-state index contributed by atoms with van der Waals surface area (Å²) < 4.78 is 10.9. The van der Waals surface area contributed by atoms with E-state index in [0.717, 1.165) is 22.6 Å². The highest BCUT2D eigenvalue weighted by molar-refractivity contribution is 7.17. The SMILES string of the molecule is CC(=O)N1CCC(NC(=O)Oc2ccc(Cl)s2)(C(=O)Nc2ccc(N3CCOCC3=O)c(C)c2)C1. The van der Waals surface area contributed by atoms with Gasteiger partial charge in [0, 0.05) is 31.4 Å². The van der Waals surface area contributed by atoms with Gasteiger partial charge in [-0.2, -0.15) is 0 Å². The molecule has 10 nitrogen and oxygen atoms in total. The van der Waals surface area contributed by atoms with E-state index < -0.39 is 17.5 Å². The van der Waals surface area contributed by atoms with Crippen LogP contribution >= 0.6 is 22.9 Å². The van der Waals surface area contributed by atoms with Gasteiger partial charge in [0.05, 0.1) is 17.5 Å². The van der Waals surface area contributed by atoms with Crippen LogP contribution in [-0.4, -0.2) is 67.1 Å². The molecule has 0 radical (unpaired) electrons. The van der Waals surface area contributed by atoms with Gasteiger partial charge in [-0.25, -0.2) is 4.79 Å². The molecule has 35 heavy (non-hydrogen) atoms. The third-order valence-corrected chi connectivity index (χ3v) is 7.07. The van der Waals surface area contributed by atoms with Crippen LogP contribution in [-0.2, 0) is 19.1 Å². The molecule has 3 heterocycles. The summed E-state index contributed by atoms with van der Waals surface area (Å²) in [7, 11) is 0. The predicted octanol–water partition coefficient (Wildman–Crippen LogP) is 2.79. The Morgan fingerprint density at radius 1 is 1.20 bits per heavy atom. The number of halogens is 1. The topological polar surface area (TPSA) is 117 Å². The highest BCUT2D eigenvalue weighted by Crippen LogP contribution is 2.30. The maximum atomic E-state index is 13.4. The first kappa shape index (κ1) is 25.0. The zero-order chi connectivity index (χ0) is 25.2. The lowest BCUT2D eigenvalue weighted by molar-refractivity contribution is -0.128. The van der Waals surface area contributed by atoms with Crippen molar-refractivity contribution in [2.75, 3.05) is 43.1 Å². The molecule has 0 spiro atoms. The number of nitrogens with one attached hydrogen (secondary N) is 2. The smallest absolute Gasteiger partial charge is 0.399 e. The Morgan fingerprint density at radius 3 is 2.63 bits per heavy atom. The number of anilines is 2. The number of nitrogens with zero attached hydrogens (tertiary/aromatic N) is 2. The zero-order valence-corrected chi connectivity index (χ0v) is 20.8. The molecular formula is C23H25ClN4O6S. The van der Waals surface area contributed by atoms with Crippen LogP contribution in [0.3, 0.4) is 0 Å². The third-order valence-electron chi connectivity index (χ3n) is 5.96. The van der Waals surface area contributed by atoms with E-state index in [1.54, 1.807) is 35.2 Å².